The summed E-state index contributed by atoms with van der Waals surface area (Å²) in [5, 5.41) is 8.62. The van der Waals surface area contributed by atoms with Crippen LogP contribution in [0.2, 0.25) is 0 Å². The van der Waals surface area contributed by atoms with Crippen molar-refractivity contribution < 1.29 is 9.90 Å². The number of fused-ring (bicyclic) bond motifs is 1. The lowest BCUT2D eigenvalue weighted by Crippen LogP contribution is -2.26. The molecule has 0 aromatic carbocycles. The Balaban J connectivity index is 1.51. The Kier molecular flexibility index (Phi) is 8.33. The highest BCUT2D eigenvalue weighted by Crippen LogP contribution is 2.42. The average Bonchev–Trinajstić information content (AvgIpc) is 2.47. The third kappa shape index (κ3) is 6.71. The zero-order chi connectivity index (χ0) is 15.6. The molecular formula is C20H36O2. The molecule has 3 atom stereocenters. The number of hydrogen-bond donors (Lipinski definition) is 1. The minimum absolute atomic E-state index is 0.352. The summed E-state index contributed by atoms with van der Waals surface area (Å²) >= 11 is 0. The highest BCUT2D eigenvalue weighted by atomic mass is 16.4. The van der Waals surface area contributed by atoms with Gasteiger partial charge in [-0.05, 0) is 37.0 Å². The standard InChI is InChI=1S/C20H36O2/c21-20(22)14-5-3-1-2-4-9-17-10-6-7-12-18-15-16-19(18)13-8-11-17/h17-19H,1-16H2,(H,21,22). The number of aliphatic carboxylic acids is 1. The van der Waals surface area contributed by atoms with Crippen molar-refractivity contribution in [1.82, 2.24) is 0 Å². The van der Waals surface area contributed by atoms with Crippen molar-refractivity contribution in [3.8, 4) is 0 Å². The van der Waals surface area contributed by atoms with E-state index >= 15 is 0 Å². The van der Waals surface area contributed by atoms with Gasteiger partial charge in [-0.3, -0.25) is 4.79 Å². The molecule has 2 nitrogen and oxygen atoms in total. The lowest BCUT2D eigenvalue weighted by atomic mass is 9.68. The van der Waals surface area contributed by atoms with Gasteiger partial charge in [0, 0.05) is 6.42 Å². The van der Waals surface area contributed by atoms with Crippen LogP contribution in [0.25, 0.3) is 0 Å². The fourth-order valence-electron chi connectivity index (χ4n) is 4.58. The molecule has 3 unspecified atom stereocenters. The number of unbranched alkanes of at least 4 members (excludes halogenated alkanes) is 4. The molecule has 2 aliphatic carbocycles. The highest BCUT2D eigenvalue weighted by Gasteiger charge is 2.30. The van der Waals surface area contributed by atoms with Gasteiger partial charge in [0.1, 0.15) is 0 Å². The van der Waals surface area contributed by atoms with E-state index in [1.54, 1.807) is 0 Å². The molecule has 0 aromatic heterocycles. The van der Waals surface area contributed by atoms with Crippen LogP contribution in [-0.2, 0) is 4.79 Å². The Morgan fingerprint density at radius 3 is 2.05 bits per heavy atom. The molecule has 0 saturated heterocycles. The quantitative estimate of drug-likeness (QED) is 0.543. The second-order valence-electron chi connectivity index (χ2n) is 7.88. The number of carbonyl (C=O) groups is 1. The summed E-state index contributed by atoms with van der Waals surface area (Å²) in [6.07, 6.45) is 21.1. The van der Waals surface area contributed by atoms with Gasteiger partial charge in [0.05, 0.1) is 0 Å². The van der Waals surface area contributed by atoms with Crippen LogP contribution in [0.4, 0.5) is 0 Å². The Bertz CT molecular complexity index is 313. The van der Waals surface area contributed by atoms with Crippen molar-refractivity contribution in [3.05, 3.63) is 0 Å². The van der Waals surface area contributed by atoms with Crippen LogP contribution in [0, 0.1) is 17.8 Å². The second-order valence-corrected chi connectivity index (χ2v) is 7.88. The van der Waals surface area contributed by atoms with E-state index in [2.05, 4.69) is 0 Å². The molecule has 2 aliphatic rings. The maximum atomic E-state index is 10.5. The highest BCUT2D eigenvalue weighted by molar-refractivity contribution is 5.66. The van der Waals surface area contributed by atoms with E-state index in [1.807, 2.05) is 0 Å². The molecule has 1 N–H and O–H groups in total. The van der Waals surface area contributed by atoms with E-state index in [0.717, 1.165) is 30.6 Å². The van der Waals surface area contributed by atoms with Crippen LogP contribution in [0.3, 0.4) is 0 Å². The summed E-state index contributed by atoms with van der Waals surface area (Å²) in [5.74, 6) is 2.53. The minimum atomic E-state index is -0.643. The predicted molar refractivity (Wildman–Crippen MR) is 92.0 cm³/mol. The van der Waals surface area contributed by atoms with Crippen molar-refractivity contribution in [2.24, 2.45) is 17.8 Å². The SMILES string of the molecule is O=C(O)CCCCCCCC1CCCCC2CCC2CCC1. The molecule has 0 spiro atoms. The zero-order valence-corrected chi connectivity index (χ0v) is 14.4. The molecule has 0 heterocycles. The largest absolute Gasteiger partial charge is 0.481 e. The first kappa shape index (κ1) is 17.8. The topological polar surface area (TPSA) is 37.3 Å². The van der Waals surface area contributed by atoms with E-state index in [4.69, 9.17) is 5.11 Å². The molecule has 0 aliphatic heterocycles. The molecule has 2 fully saturated rings. The van der Waals surface area contributed by atoms with E-state index in [9.17, 15) is 4.79 Å². The molecule has 128 valence electrons. The van der Waals surface area contributed by atoms with E-state index < -0.39 is 5.97 Å². The van der Waals surface area contributed by atoms with Crippen molar-refractivity contribution in [3.63, 3.8) is 0 Å². The predicted octanol–water partition coefficient (Wildman–Crippen LogP) is 6.19. The Labute approximate surface area is 137 Å². The lowest BCUT2D eigenvalue weighted by Gasteiger charge is -2.38. The second kappa shape index (κ2) is 10.3. The van der Waals surface area contributed by atoms with E-state index in [0.29, 0.717) is 6.42 Å². The Morgan fingerprint density at radius 2 is 1.32 bits per heavy atom. The third-order valence-corrected chi connectivity index (χ3v) is 6.20. The lowest BCUT2D eigenvalue weighted by molar-refractivity contribution is -0.137. The van der Waals surface area contributed by atoms with Gasteiger partial charge >= 0.3 is 5.97 Å². The van der Waals surface area contributed by atoms with Gasteiger partial charge in [-0.15, -0.1) is 0 Å². The molecule has 0 amide bonds. The fraction of sp³-hybridized carbons (Fsp3) is 0.950. The minimum Gasteiger partial charge on any atom is -0.481 e. The summed E-state index contributed by atoms with van der Waals surface area (Å²) in [7, 11) is 0. The molecule has 2 heteroatoms. The van der Waals surface area contributed by atoms with Crippen LogP contribution in [0.1, 0.15) is 103 Å². The number of carboxylic acid groups (broad SMARTS) is 1. The van der Waals surface area contributed by atoms with Gasteiger partial charge in [-0.25, -0.2) is 0 Å². The monoisotopic (exact) mass is 308 g/mol. The smallest absolute Gasteiger partial charge is 0.303 e. The number of carboxylic acids is 1. The molecule has 0 bridgehead atoms. The normalized spacial score (nSPS) is 29.4. The van der Waals surface area contributed by atoms with Gasteiger partial charge in [0.15, 0.2) is 0 Å². The van der Waals surface area contributed by atoms with Crippen LogP contribution in [0.5, 0.6) is 0 Å². The summed E-state index contributed by atoms with van der Waals surface area (Å²) in [6, 6.07) is 0. The van der Waals surface area contributed by atoms with Crippen molar-refractivity contribution in [2.45, 2.75) is 103 Å². The van der Waals surface area contributed by atoms with Crippen molar-refractivity contribution in [1.29, 1.82) is 0 Å². The van der Waals surface area contributed by atoms with Crippen LogP contribution >= 0.6 is 0 Å². The molecule has 0 radical (unpaired) electrons. The van der Waals surface area contributed by atoms with Crippen LogP contribution in [-0.4, -0.2) is 11.1 Å². The van der Waals surface area contributed by atoms with Crippen molar-refractivity contribution >= 4 is 5.97 Å². The molecular weight excluding hydrogens is 272 g/mol. The molecule has 22 heavy (non-hydrogen) atoms. The van der Waals surface area contributed by atoms with E-state index in [1.165, 1.54) is 83.5 Å². The summed E-state index contributed by atoms with van der Waals surface area (Å²) in [5.41, 5.74) is 0. The molecule has 0 aromatic rings. The Hall–Kier alpha value is -0.530. The zero-order valence-electron chi connectivity index (χ0n) is 14.4. The van der Waals surface area contributed by atoms with Crippen LogP contribution in [0.15, 0.2) is 0 Å². The third-order valence-electron chi connectivity index (χ3n) is 6.20. The van der Waals surface area contributed by atoms with Gasteiger partial charge in [-0.1, -0.05) is 77.0 Å². The van der Waals surface area contributed by atoms with Gasteiger partial charge in [0.25, 0.3) is 0 Å². The Morgan fingerprint density at radius 1 is 0.727 bits per heavy atom. The number of hydrogen-bond acceptors (Lipinski definition) is 1. The average molecular weight is 309 g/mol. The number of rotatable bonds is 8. The van der Waals surface area contributed by atoms with Gasteiger partial charge < -0.3 is 5.11 Å². The maximum Gasteiger partial charge on any atom is 0.303 e. The fourth-order valence-corrected chi connectivity index (χ4v) is 4.58. The molecule has 2 saturated carbocycles. The first-order valence-electron chi connectivity index (χ1n) is 9.97. The first-order valence-corrected chi connectivity index (χ1v) is 9.97. The van der Waals surface area contributed by atoms with Gasteiger partial charge in [0.2, 0.25) is 0 Å². The molecule has 2 rings (SSSR count). The summed E-state index contributed by atoms with van der Waals surface area (Å²) < 4.78 is 0. The van der Waals surface area contributed by atoms with Gasteiger partial charge in [-0.2, -0.15) is 0 Å². The summed E-state index contributed by atoms with van der Waals surface area (Å²) in [4.78, 5) is 10.5. The van der Waals surface area contributed by atoms with Crippen molar-refractivity contribution in [2.75, 3.05) is 0 Å². The van der Waals surface area contributed by atoms with Crippen LogP contribution < -0.4 is 0 Å². The first-order chi connectivity index (χ1) is 10.8. The maximum absolute atomic E-state index is 10.5. The summed E-state index contributed by atoms with van der Waals surface area (Å²) in [6.45, 7) is 0. The van der Waals surface area contributed by atoms with E-state index in [-0.39, 0.29) is 0 Å².